The van der Waals surface area contributed by atoms with Crippen molar-refractivity contribution in [2.75, 3.05) is 17.1 Å². The summed E-state index contributed by atoms with van der Waals surface area (Å²) in [6.45, 7) is 0. The first-order chi connectivity index (χ1) is 13.8. The molecular formula is C20H16ClFN2O4S. The van der Waals surface area contributed by atoms with Gasteiger partial charge in [0.2, 0.25) is 0 Å². The van der Waals surface area contributed by atoms with Crippen molar-refractivity contribution in [2.24, 2.45) is 0 Å². The largest absolute Gasteiger partial charge is 0.465 e. The second-order valence-corrected chi connectivity index (χ2v) is 8.03. The Morgan fingerprint density at radius 3 is 2.21 bits per heavy atom. The molecule has 3 rings (SSSR count). The van der Waals surface area contributed by atoms with Gasteiger partial charge in [0, 0.05) is 16.4 Å². The molecule has 0 aliphatic heterocycles. The molecule has 0 fully saturated rings. The molecule has 0 amide bonds. The Morgan fingerprint density at radius 2 is 1.59 bits per heavy atom. The molecule has 0 atom stereocenters. The molecule has 150 valence electrons. The van der Waals surface area contributed by atoms with E-state index in [1.165, 1.54) is 61.7 Å². The van der Waals surface area contributed by atoms with Crippen molar-refractivity contribution >= 4 is 44.7 Å². The van der Waals surface area contributed by atoms with E-state index in [0.29, 0.717) is 16.4 Å². The monoisotopic (exact) mass is 434 g/mol. The summed E-state index contributed by atoms with van der Waals surface area (Å²) in [7, 11) is -2.89. The van der Waals surface area contributed by atoms with Crippen molar-refractivity contribution in [3.63, 3.8) is 0 Å². The highest BCUT2D eigenvalue weighted by atomic mass is 35.5. The summed E-state index contributed by atoms with van der Waals surface area (Å²) in [5.74, 6) is -1.10. The molecular weight excluding hydrogens is 419 g/mol. The minimum atomic E-state index is -4.09. The Bertz CT molecular complexity index is 1130. The molecule has 0 heterocycles. The van der Waals surface area contributed by atoms with E-state index in [1.54, 1.807) is 12.1 Å². The SMILES string of the molecule is COC(=O)c1ccc(Nc2ccc(F)cc2)c(S(=O)(=O)Nc2ccc(Cl)cc2)c1. The second kappa shape index (κ2) is 8.50. The minimum absolute atomic E-state index is 0.0636. The summed E-state index contributed by atoms with van der Waals surface area (Å²) in [5, 5.41) is 3.38. The van der Waals surface area contributed by atoms with Gasteiger partial charge < -0.3 is 10.1 Å². The van der Waals surface area contributed by atoms with E-state index in [-0.39, 0.29) is 16.1 Å². The maximum Gasteiger partial charge on any atom is 0.337 e. The molecule has 0 bridgehead atoms. The smallest absolute Gasteiger partial charge is 0.337 e. The fourth-order valence-corrected chi connectivity index (χ4v) is 3.88. The molecule has 6 nitrogen and oxygen atoms in total. The molecule has 0 aliphatic carbocycles. The number of carbonyl (C=O) groups is 1. The van der Waals surface area contributed by atoms with Gasteiger partial charge in [-0.25, -0.2) is 17.6 Å². The zero-order chi connectivity index (χ0) is 21.0. The Balaban J connectivity index is 2.03. The lowest BCUT2D eigenvalue weighted by molar-refractivity contribution is 0.0600. The Hall–Kier alpha value is -3.10. The number of anilines is 3. The molecule has 0 saturated carbocycles. The minimum Gasteiger partial charge on any atom is -0.465 e. The molecule has 0 spiro atoms. The van der Waals surface area contributed by atoms with Crippen LogP contribution in [0.1, 0.15) is 10.4 Å². The van der Waals surface area contributed by atoms with Crippen molar-refractivity contribution < 1.29 is 22.3 Å². The number of benzene rings is 3. The lowest BCUT2D eigenvalue weighted by Gasteiger charge is -2.15. The van der Waals surface area contributed by atoms with Gasteiger partial charge >= 0.3 is 5.97 Å². The van der Waals surface area contributed by atoms with Crippen LogP contribution in [0.25, 0.3) is 0 Å². The van der Waals surface area contributed by atoms with E-state index in [2.05, 4.69) is 14.8 Å². The topological polar surface area (TPSA) is 84.5 Å². The number of hydrogen-bond acceptors (Lipinski definition) is 5. The molecule has 9 heteroatoms. The number of carbonyl (C=O) groups excluding carboxylic acids is 1. The van der Waals surface area contributed by atoms with Gasteiger partial charge in [-0.1, -0.05) is 11.6 Å². The highest BCUT2D eigenvalue weighted by Crippen LogP contribution is 2.29. The fraction of sp³-hybridized carbons (Fsp3) is 0.0500. The van der Waals surface area contributed by atoms with E-state index in [1.807, 2.05) is 0 Å². The predicted molar refractivity (Wildman–Crippen MR) is 110 cm³/mol. The third-order valence-electron chi connectivity index (χ3n) is 3.91. The number of halogens is 2. The van der Waals surface area contributed by atoms with Crippen molar-refractivity contribution in [2.45, 2.75) is 4.90 Å². The third kappa shape index (κ3) is 5.04. The molecule has 29 heavy (non-hydrogen) atoms. The van der Waals surface area contributed by atoms with Gasteiger partial charge in [-0.3, -0.25) is 4.72 Å². The van der Waals surface area contributed by atoms with Crippen molar-refractivity contribution in [1.29, 1.82) is 0 Å². The lowest BCUT2D eigenvalue weighted by Crippen LogP contribution is -2.16. The Kier molecular flexibility index (Phi) is 6.05. The molecule has 0 radical (unpaired) electrons. The summed E-state index contributed by atoms with van der Waals surface area (Å²) in [4.78, 5) is 11.7. The van der Waals surface area contributed by atoms with Gasteiger partial charge in [0.1, 0.15) is 10.7 Å². The average Bonchev–Trinajstić information content (AvgIpc) is 2.71. The highest BCUT2D eigenvalue weighted by molar-refractivity contribution is 7.92. The molecule has 0 aliphatic rings. The normalized spacial score (nSPS) is 11.0. The predicted octanol–water partition coefficient (Wildman–Crippen LogP) is 4.81. The summed E-state index contributed by atoms with van der Waals surface area (Å²) < 4.78 is 46.3. The number of ether oxygens (including phenoxy) is 1. The quantitative estimate of drug-likeness (QED) is 0.544. The Labute approximate surface area is 172 Å². The van der Waals surface area contributed by atoms with E-state index < -0.39 is 21.8 Å². The summed E-state index contributed by atoms with van der Waals surface area (Å²) in [5.41, 5.74) is 1.03. The summed E-state index contributed by atoms with van der Waals surface area (Å²) >= 11 is 5.83. The van der Waals surface area contributed by atoms with Gasteiger partial charge in [0.05, 0.1) is 18.4 Å². The summed E-state index contributed by atoms with van der Waals surface area (Å²) in [6.07, 6.45) is 0. The van der Waals surface area contributed by atoms with Crippen molar-refractivity contribution in [3.05, 3.63) is 83.1 Å². The van der Waals surface area contributed by atoms with Gasteiger partial charge in [-0.15, -0.1) is 0 Å². The first kappa shape index (κ1) is 20.6. The van der Waals surface area contributed by atoms with Crippen LogP contribution in [0.4, 0.5) is 21.5 Å². The van der Waals surface area contributed by atoms with Crippen LogP contribution in [-0.2, 0) is 14.8 Å². The number of hydrogen-bond donors (Lipinski definition) is 2. The summed E-state index contributed by atoms with van der Waals surface area (Å²) in [6, 6.07) is 15.6. The van der Waals surface area contributed by atoms with Crippen LogP contribution < -0.4 is 10.0 Å². The van der Waals surface area contributed by atoms with E-state index in [4.69, 9.17) is 11.6 Å². The number of sulfonamides is 1. The molecule has 3 aromatic carbocycles. The van der Waals surface area contributed by atoms with Gasteiger partial charge in [0.15, 0.2) is 0 Å². The van der Waals surface area contributed by atoms with Crippen molar-refractivity contribution in [3.8, 4) is 0 Å². The molecule has 0 aromatic heterocycles. The molecule has 0 saturated heterocycles. The molecule has 3 aromatic rings. The Morgan fingerprint density at radius 1 is 0.966 bits per heavy atom. The number of rotatable bonds is 6. The standard InChI is InChI=1S/C20H16ClFN2O4S/c1-28-20(25)13-2-11-18(23-16-9-5-15(22)6-10-16)19(12-13)29(26,27)24-17-7-3-14(21)4-8-17/h2-12,23-24H,1H3. The van der Waals surface area contributed by atoms with E-state index in [9.17, 15) is 17.6 Å². The van der Waals surface area contributed by atoms with Crippen LogP contribution in [0.2, 0.25) is 5.02 Å². The first-order valence-corrected chi connectivity index (χ1v) is 10.2. The zero-order valence-electron chi connectivity index (χ0n) is 15.1. The third-order valence-corrected chi connectivity index (χ3v) is 5.59. The van der Waals surface area contributed by atoms with Crippen LogP contribution in [0, 0.1) is 5.82 Å². The highest BCUT2D eigenvalue weighted by Gasteiger charge is 2.22. The van der Waals surface area contributed by atoms with Crippen LogP contribution >= 0.6 is 11.6 Å². The van der Waals surface area contributed by atoms with Crippen LogP contribution in [-0.4, -0.2) is 21.5 Å². The second-order valence-electron chi connectivity index (χ2n) is 5.95. The van der Waals surface area contributed by atoms with Crippen LogP contribution in [0.5, 0.6) is 0 Å². The number of esters is 1. The van der Waals surface area contributed by atoms with E-state index in [0.717, 1.165) is 0 Å². The molecule has 2 N–H and O–H groups in total. The first-order valence-electron chi connectivity index (χ1n) is 8.32. The lowest BCUT2D eigenvalue weighted by atomic mass is 10.2. The van der Waals surface area contributed by atoms with Crippen molar-refractivity contribution in [1.82, 2.24) is 0 Å². The maximum absolute atomic E-state index is 13.2. The van der Waals surface area contributed by atoms with Crippen LogP contribution in [0.15, 0.2) is 71.6 Å². The van der Waals surface area contributed by atoms with E-state index >= 15 is 0 Å². The van der Waals surface area contributed by atoms with Gasteiger partial charge in [-0.05, 0) is 66.7 Å². The van der Waals surface area contributed by atoms with Gasteiger partial charge in [-0.2, -0.15) is 0 Å². The van der Waals surface area contributed by atoms with Crippen LogP contribution in [0.3, 0.4) is 0 Å². The van der Waals surface area contributed by atoms with Gasteiger partial charge in [0.25, 0.3) is 10.0 Å². The number of methoxy groups -OCH3 is 1. The molecule has 0 unspecified atom stereocenters. The zero-order valence-corrected chi connectivity index (χ0v) is 16.7. The fourth-order valence-electron chi connectivity index (χ4n) is 2.51. The number of nitrogens with one attached hydrogen (secondary N) is 2. The average molecular weight is 435 g/mol. The maximum atomic E-state index is 13.2.